The Balaban J connectivity index is 2.04. The Hall–Kier alpha value is -0.610. The molecule has 2 fully saturated rings. The molecular formula is C13H24N2O2. The van der Waals surface area contributed by atoms with Crippen LogP contribution in [0, 0.1) is 5.92 Å². The van der Waals surface area contributed by atoms with Gasteiger partial charge in [0.1, 0.15) is 6.04 Å². The van der Waals surface area contributed by atoms with E-state index in [0.717, 1.165) is 32.0 Å². The first kappa shape index (κ1) is 12.8. The number of piperidine rings is 1. The van der Waals surface area contributed by atoms with Gasteiger partial charge >= 0.3 is 5.97 Å². The van der Waals surface area contributed by atoms with Crippen molar-refractivity contribution in [3.63, 3.8) is 0 Å². The van der Waals surface area contributed by atoms with Crippen LogP contribution in [-0.4, -0.2) is 49.2 Å². The Morgan fingerprint density at radius 3 is 3.00 bits per heavy atom. The summed E-state index contributed by atoms with van der Waals surface area (Å²) in [5.41, 5.74) is 0. The third-order valence-corrected chi connectivity index (χ3v) is 4.07. The van der Waals surface area contributed by atoms with E-state index in [-0.39, 0.29) is 12.0 Å². The number of fused-ring (bicyclic) bond motifs is 1. The molecule has 0 radical (unpaired) electrons. The average Bonchev–Trinajstić information content (AvgIpc) is 2.79. The smallest absolute Gasteiger partial charge is 0.323 e. The van der Waals surface area contributed by atoms with Crippen LogP contribution in [0.25, 0.3) is 0 Å². The summed E-state index contributed by atoms with van der Waals surface area (Å²) in [5.74, 6) is 0.690. The van der Waals surface area contributed by atoms with E-state index in [1.807, 2.05) is 6.92 Å². The molecule has 4 heteroatoms. The normalized spacial score (nSPS) is 30.9. The highest BCUT2D eigenvalue weighted by Crippen LogP contribution is 2.29. The first-order valence-electron chi connectivity index (χ1n) is 6.91. The van der Waals surface area contributed by atoms with Gasteiger partial charge in [-0.25, -0.2) is 0 Å². The van der Waals surface area contributed by atoms with Crippen molar-refractivity contribution in [2.24, 2.45) is 5.92 Å². The van der Waals surface area contributed by atoms with Crippen LogP contribution in [0.1, 0.15) is 33.1 Å². The lowest BCUT2D eigenvalue weighted by Gasteiger charge is -2.40. The van der Waals surface area contributed by atoms with Gasteiger partial charge in [-0.1, -0.05) is 6.92 Å². The second kappa shape index (κ2) is 5.83. The number of esters is 1. The van der Waals surface area contributed by atoms with Gasteiger partial charge in [0, 0.05) is 12.6 Å². The minimum absolute atomic E-state index is 0.0392. The minimum atomic E-state index is -0.0393. The highest BCUT2D eigenvalue weighted by atomic mass is 16.5. The van der Waals surface area contributed by atoms with Crippen LogP contribution in [0.3, 0.4) is 0 Å². The Morgan fingerprint density at radius 2 is 2.29 bits per heavy atom. The number of carbonyl (C=O) groups excluding carboxylic acids is 1. The number of rotatable bonds is 4. The highest BCUT2D eigenvalue weighted by Gasteiger charge is 2.40. The van der Waals surface area contributed by atoms with Crippen LogP contribution in [0.15, 0.2) is 0 Å². The maximum absolute atomic E-state index is 12.0. The summed E-state index contributed by atoms with van der Waals surface area (Å²) in [6.07, 6.45) is 3.36. The summed E-state index contributed by atoms with van der Waals surface area (Å²) in [6, 6.07) is 0.501. The molecule has 0 aliphatic carbocycles. The molecule has 0 bridgehead atoms. The van der Waals surface area contributed by atoms with Crippen LogP contribution in [0.2, 0.25) is 0 Å². The number of carbonyl (C=O) groups is 1. The lowest BCUT2D eigenvalue weighted by molar-refractivity contribution is -0.151. The Labute approximate surface area is 104 Å². The van der Waals surface area contributed by atoms with Crippen molar-refractivity contribution < 1.29 is 9.53 Å². The third kappa shape index (κ3) is 2.63. The molecule has 2 aliphatic rings. The largest absolute Gasteiger partial charge is 0.465 e. The van der Waals surface area contributed by atoms with Crippen LogP contribution in [0.4, 0.5) is 0 Å². The molecule has 1 N–H and O–H groups in total. The SMILES string of the molecule is CCOC(=O)C(CC)N1CCCC2CNCC21. The summed E-state index contributed by atoms with van der Waals surface area (Å²) in [4.78, 5) is 14.4. The van der Waals surface area contributed by atoms with E-state index < -0.39 is 0 Å². The van der Waals surface area contributed by atoms with Gasteiger partial charge in [-0.2, -0.15) is 0 Å². The first-order valence-corrected chi connectivity index (χ1v) is 6.91. The maximum Gasteiger partial charge on any atom is 0.323 e. The van der Waals surface area contributed by atoms with Crippen LogP contribution in [0.5, 0.6) is 0 Å². The molecule has 98 valence electrons. The monoisotopic (exact) mass is 240 g/mol. The second-order valence-corrected chi connectivity index (χ2v) is 5.04. The maximum atomic E-state index is 12.0. The van der Waals surface area contributed by atoms with Crippen molar-refractivity contribution in [1.29, 1.82) is 0 Å². The average molecular weight is 240 g/mol. The Morgan fingerprint density at radius 1 is 1.47 bits per heavy atom. The van der Waals surface area contributed by atoms with Gasteiger partial charge in [0.15, 0.2) is 0 Å². The van der Waals surface area contributed by atoms with E-state index in [9.17, 15) is 4.79 Å². The second-order valence-electron chi connectivity index (χ2n) is 5.04. The van der Waals surface area contributed by atoms with Gasteiger partial charge < -0.3 is 10.1 Å². The van der Waals surface area contributed by atoms with Crippen molar-refractivity contribution in [3.8, 4) is 0 Å². The lowest BCUT2D eigenvalue weighted by atomic mass is 9.90. The molecule has 2 rings (SSSR count). The first-order chi connectivity index (χ1) is 8.27. The van der Waals surface area contributed by atoms with Crippen molar-refractivity contribution in [2.45, 2.75) is 45.2 Å². The van der Waals surface area contributed by atoms with E-state index in [1.165, 1.54) is 12.8 Å². The fourth-order valence-corrected chi connectivity index (χ4v) is 3.27. The summed E-state index contributed by atoms with van der Waals surface area (Å²) >= 11 is 0. The number of hydrogen-bond donors (Lipinski definition) is 1. The summed E-state index contributed by atoms with van der Waals surface area (Å²) in [7, 11) is 0. The lowest BCUT2D eigenvalue weighted by Crippen LogP contribution is -2.53. The van der Waals surface area contributed by atoms with E-state index in [2.05, 4.69) is 17.1 Å². The standard InChI is InChI=1S/C13H24N2O2/c1-3-11(13(16)17-4-2)15-7-5-6-10-8-14-9-12(10)15/h10-12,14H,3-9H2,1-2H3. The Kier molecular flexibility index (Phi) is 4.40. The fraction of sp³-hybridized carbons (Fsp3) is 0.923. The molecule has 0 saturated carbocycles. The summed E-state index contributed by atoms with van der Waals surface area (Å²) < 4.78 is 5.20. The molecule has 3 unspecified atom stereocenters. The van der Waals surface area contributed by atoms with Gasteiger partial charge in [0.2, 0.25) is 0 Å². The van der Waals surface area contributed by atoms with Gasteiger partial charge in [-0.05, 0) is 45.2 Å². The zero-order chi connectivity index (χ0) is 12.3. The summed E-state index contributed by atoms with van der Waals surface area (Å²) in [5, 5.41) is 3.45. The molecule has 0 amide bonds. The van der Waals surface area contributed by atoms with Crippen LogP contribution < -0.4 is 5.32 Å². The zero-order valence-corrected chi connectivity index (χ0v) is 10.9. The fourth-order valence-electron chi connectivity index (χ4n) is 3.27. The molecule has 0 spiro atoms. The van der Waals surface area contributed by atoms with Gasteiger partial charge in [-0.3, -0.25) is 9.69 Å². The molecule has 2 aliphatic heterocycles. The van der Waals surface area contributed by atoms with Crippen molar-refractivity contribution in [3.05, 3.63) is 0 Å². The molecule has 3 atom stereocenters. The molecular weight excluding hydrogens is 216 g/mol. The van der Waals surface area contributed by atoms with Crippen molar-refractivity contribution in [2.75, 3.05) is 26.2 Å². The molecule has 4 nitrogen and oxygen atoms in total. The quantitative estimate of drug-likeness (QED) is 0.745. The van der Waals surface area contributed by atoms with Crippen molar-refractivity contribution >= 4 is 5.97 Å². The number of likely N-dealkylation sites (tertiary alicyclic amines) is 1. The third-order valence-electron chi connectivity index (χ3n) is 4.07. The van der Waals surface area contributed by atoms with E-state index in [1.54, 1.807) is 0 Å². The molecule has 2 heterocycles. The zero-order valence-electron chi connectivity index (χ0n) is 10.9. The van der Waals surface area contributed by atoms with E-state index >= 15 is 0 Å². The molecule has 0 aromatic rings. The minimum Gasteiger partial charge on any atom is -0.465 e. The van der Waals surface area contributed by atoms with Gasteiger partial charge in [0.25, 0.3) is 0 Å². The molecule has 17 heavy (non-hydrogen) atoms. The van der Waals surface area contributed by atoms with Gasteiger partial charge in [-0.15, -0.1) is 0 Å². The highest BCUT2D eigenvalue weighted by molar-refractivity contribution is 5.75. The van der Waals surface area contributed by atoms with Gasteiger partial charge in [0.05, 0.1) is 6.61 Å². The molecule has 2 saturated heterocycles. The number of nitrogens with one attached hydrogen (secondary N) is 1. The summed E-state index contributed by atoms with van der Waals surface area (Å²) in [6.45, 7) is 7.62. The van der Waals surface area contributed by atoms with E-state index in [0.29, 0.717) is 12.6 Å². The number of ether oxygens (including phenoxy) is 1. The molecule has 0 aromatic heterocycles. The predicted molar refractivity (Wildman–Crippen MR) is 66.8 cm³/mol. The Bertz CT molecular complexity index is 270. The van der Waals surface area contributed by atoms with Crippen LogP contribution >= 0.6 is 0 Å². The number of hydrogen-bond acceptors (Lipinski definition) is 4. The predicted octanol–water partition coefficient (Wildman–Crippen LogP) is 1.01. The number of nitrogens with zero attached hydrogens (tertiary/aromatic N) is 1. The molecule has 0 aromatic carbocycles. The van der Waals surface area contributed by atoms with Crippen molar-refractivity contribution in [1.82, 2.24) is 10.2 Å². The van der Waals surface area contributed by atoms with E-state index in [4.69, 9.17) is 4.74 Å². The topological polar surface area (TPSA) is 41.6 Å². The van der Waals surface area contributed by atoms with Crippen LogP contribution in [-0.2, 0) is 9.53 Å².